The highest BCUT2D eigenvalue weighted by Crippen LogP contribution is 2.34. The van der Waals surface area contributed by atoms with Gasteiger partial charge < -0.3 is 14.4 Å². The Balaban J connectivity index is 2.15. The summed E-state index contributed by atoms with van der Waals surface area (Å²) >= 11 is 0. The van der Waals surface area contributed by atoms with Crippen molar-refractivity contribution in [2.75, 3.05) is 20.2 Å². The number of ether oxygens (including phenoxy) is 2. The number of carbonyl (C=O) groups excluding carboxylic acids is 2. The molecule has 0 radical (unpaired) electrons. The highest BCUT2D eigenvalue weighted by Gasteiger charge is 2.38. The lowest BCUT2D eigenvalue weighted by Gasteiger charge is -2.37. The van der Waals surface area contributed by atoms with Crippen molar-refractivity contribution in [2.45, 2.75) is 38.7 Å². The second-order valence-electron chi connectivity index (χ2n) is 6.86. The van der Waals surface area contributed by atoms with E-state index in [9.17, 15) is 9.59 Å². The Kier molecular flexibility index (Phi) is 5.29. The normalized spacial score (nSPS) is 21.7. The van der Waals surface area contributed by atoms with Gasteiger partial charge in [0.05, 0.1) is 13.0 Å². The summed E-state index contributed by atoms with van der Waals surface area (Å²) in [7, 11) is 1.39. The molecule has 1 saturated heterocycles. The largest absolute Gasteiger partial charge is 0.469 e. The average molecular weight is 319 g/mol. The van der Waals surface area contributed by atoms with E-state index in [4.69, 9.17) is 9.47 Å². The molecule has 5 nitrogen and oxygen atoms in total. The van der Waals surface area contributed by atoms with Gasteiger partial charge in [-0.2, -0.15) is 0 Å². The van der Waals surface area contributed by atoms with Crippen molar-refractivity contribution in [2.24, 2.45) is 5.92 Å². The molecule has 1 aliphatic heterocycles. The number of amides is 1. The minimum Gasteiger partial charge on any atom is -0.469 e. The second-order valence-corrected chi connectivity index (χ2v) is 6.86. The lowest BCUT2D eigenvalue weighted by atomic mass is 9.80. The number of hydrogen-bond donors (Lipinski definition) is 0. The molecule has 1 amide bonds. The van der Waals surface area contributed by atoms with Crippen LogP contribution in [-0.2, 0) is 14.3 Å². The van der Waals surface area contributed by atoms with E-state index < -0.39 is 5.60 Å². The summed E-state index contributed by atoms with van der Waals surface area (Å²) in [5, 5.41) is 0. The van der Waals surface area contributed by atoms with E-state index in [0.29, 0.717) is 19.5 Å². The van der Waals surface area contributed by atoms with E-state index in [1.807, 2.05) is 51.1 Å². The zero-order valence-corrected chi connectivity index (χ0v) is 14.2. The highest BCUT2D eigenvalue weighted by atomic mass is 16.6. The molecule has 0 aromatic heterocycles. The van der Waals surface area contributed by atoms with E-state index in [-0.39, 0.29) is 23.9 Å². The van der Waals surface area contributed by atoms with Crippen molar-refractivity contribution in [1.29, 1.82) is 0 Å². The Labute approximate surface area is 137 Å². The van der Waals surface area contributed by atoms with Crippen molar-refractivity contribution in [3.63, 3.8) is 0 Å². The fourth-order valence-electron chi connectivity index (χ4n) is 2.93. The molecule has 23 heavy (non-hydrogen) atoms. The molecule has 2 atom stereocenters. The van der Waals surface area contributed by atoms with Gasteiger partial charge in [-0.1, -0.05) is 30.3 Å². The summed E-state index contributed by atoms with van der Waals surface area (Å²) in [5.74, 6) is -0.599. The highest BCUT2D eigenvalue weighted by molar-refractivity contribution is 5.76. The van der Waals surface area contributed by atoms with E-state index >= 15 is 0 Å². The molecule has 1 fully saturated rings. The molecule has 1 aliphatic rings. The maximum absolute atomic E-state index is 12.3. The molecule has 0 saturated carbocycles. The number of carbonyl (C=O) groups is 2. The second kappa shape index (κ2) is 7.02. The molecular weight excluding hydrogens is 294 g/mol. The molecule has 0 N–H and O–H groups in total. The number of rotatable bonds is 2. The molecule has 0 aliphatic carbocycles. The van der Waals surface area contributed by atoms with Gasteiger partial charge in [-0.3, -0.25) is 4.79 Å². The molecule has 1 aromatic carbocycles. The number of benzene rings is 1. The van der Waals surface area contributed by atoms with Crippen molar-refractivity contribution in [1.82, 2.24) is 4.90 Å². The molecule has 5 heteroatoms. The topological polar surface area (TPSA) is 55.8 Å². The van der Waals surface area contributed by atoms with Crippen LogP contribution in [0.25, 0.3) is 0 Å². The first-order valence-electron chi connectivity index (χ1n) is 7.92. The monoisotopic (exact) mass is 319 g/mol. The van der Waals surface area contributed by atoms with Crippen LogP contribution in [0.4, 0.5) is 4.79 Å². The van der Waals surface area contributed by atoms with Gasteiger partial charge in [0, 0.05) is 19.0 Å². The maximum atomic E-state index is 12.3. The van der Waals surface area contributed by atoms with E-state index in [0.717, 1.165) is 5.56 Å². The van der Waals surface area contributed by atoms with E-state index in [1.165, 1.54) is 7.11 Å². The van der Waals surface area contributed by atoms with Crippen molar-refractivity contribution >= 4 is 12.1 Å². The van der Waals surface area contributed by atoms with Gasteiger partial charge in [0.2, 0.25) is 0 Å². The minimum absolute atomic E-state index is 0.0577. The third-order valence-electron chi connectivity index (χ3n) is 4.00. The molecular formula is C18H25NO4. The predicted molar refractivity (Wildman–Crippen MR) is 87.1 cm³/mol. The minimum atomic E-state index is -0.547. The Morgan fingerprint density at radius 2 is 1.83 bits per heavy atom. The fourth-order valence-corrected chi connectivity index (χ4v) is 2.93. The first-order valence-corrected chi connectivity index (χ1v) is 7.92. The van der Waals surface area contributed by atoms with Gasteiger partial charge in [-0.25, -0.2) is 4.79 Å². The van der Waals surface area contributed by atoms with Crippen LogP contribution in [0.5, 0.6) is 0 Å². The SMILES string of the molecule is COC(=O)[C@H]1CN(C(=O)OC(C)(C)C)CC[C@H]1c1ccccc1. The van der Waals surface area contributed by atoms with Gasteiger partial charge in [0.25, 0.3) is 0 Å². The molecule has 1 heterocycles. The standard InChI is InChI=1S/C18H25NO4/c1-18(2,3)23-17(21)19-11-10-14(13-8-6-5-7-9-13)15(12-19)16(20)22-4/h5-9,14-15H,10-12H2,1-4H3/t14-,15-/m0/s1. The number of methoxy groups -OCH3 is 1. The fraction of sp³-hybridized carbons (Fsp3) is 0.556. The maximum Gasteiger partial charge on any atom is 0.410 e. The van der Waals surface area contributed by atoms with Gasteiger partial charge in [-0.05, 0) is 32.8 Å². The molecule has 2 rings (SSSR count). The number of esters is 1. The quantitative estimate of drug-likeness (QED) is 0.786. The van der Waals surface area contributed by atoms with Crippen molar-refractivity contribution in [3.05, 3.63) is 35.9 Å². The molecule has 0 bridgehead atoms. The van der Waals surface area contributed by atoms with Gasteiger partial charge in [-0.15, -0.1) is 0 Å². The summed E-state index contributed by atoms with van der Waals surface area (Å²) in [6.45, 7) is 6.39. The Morgan fingerprint density at radius 3 is 2.39 bits per heavy atom. The Hall–Kier alpha value is -2.04. The van der Waals surface area contributed by atoms with Crippen LogP contribution in [0.1, 0.15) is 38.7 Å². The summed E-state index contributed by atoms with van der Waals surface area (Å²) < 4.78 is 10.4. The lowest BCUT2D eigenvalue weighted by molar-refractivity contribution is -0.148. The first kappa shape index (κ1) is 17.3. The summed E-state index contributed by atoms with van der Waals surface area (Å²) in [4.78, 5) is 26.1. The first-order chi connectivity index (χ1) is 10.8. The van der Waals surface area contributed by atoms with Crippen molar-refractivity contribution in [3.8, 4) is 0 Å². The molecule has 1 aromatic rings. The lowest BCUT2D eigenvalue weighted by Crippen LogP contribution is -2.47. The number of nitrogens with zero attached hydrogens (tertiary/aromatic N) is 1. The van der Waals surface area contributed by atoms with E-state index in [2.05, 4.69) is 0 Å². The van der Waals surface area contributed by atoms with Crippen molar-refractivity contribution < 1.29 is 19.1 Å². The molecule has 126 valence electrons. The van der Waals surface area contributed by atoms with Gasteiger partial charge in [0.15, 0.2) is 0 Å². The molecule has 0 unspecified atom stereocenters. The number of hydrogen-bond acceptors (Lipinski definition) is 4. The Morgan fingerprint density at radius 1 is 1.17 bits per heavy atom. The molecule has 0 spiro atoms. The van der Waals surface area contributed by atoms with Crippen LogP contribution in [0.3, 0.4) is 0 Å². The smallest absolute Gasteiger partial charge is 0.410 e. The van der Waals surface area contributed by atoms with Crippen LogP contribution in [0.15, 0.2) is 30.3 Å². The zero-order chi connectivity index (χ0) is 17.0. The van der Waals surface area contributed by atoms with Gasteiger partial charge in [0.1, 0.15) is 5.60 Å². The average Bonchev–Trinajstić information content (AvgIpc) is 2.52. The van der Waals surface area contributed by atoms with Crippen LogP contribution in [-0.4, -0.2) is 42.8 Å². The zero-order valence-electron chi connectivity index (χ0n) is 14.2. The van der Waals surface area contributed by atoms with Crippen LogP contribution < -0.4 is 0 Å². The summed E-state index contributed by atoms with van der Waals surface area (Å²) in [5.41, 5.74) is 0.556. The van der Waals surface area contributed by atoms with Crippen LogP contribution >= 0.6 is 0 Å². The van der Waals surface area contributed by atoms with Crippen LogP contribution in [0, 0.1) is 5.92 Å². The van der Waals surface area contributed by atoms with E-state index in [1.54, 1.807) is 4.90 Å². The summed E-state index contributed by atoms with van der Waals surface area (Å²) in [6.07, 6.45) is 0.334. The number of piperidine rings is 1. The third-order valence-corrected chi connectivity index (χ3v) is 4.00. The van der Waals surface area contributed by atoms with Gasteiger partial charge >= 0.3 is 12.1 Å². The predicted octanol–water partition coefficient (Wildman–Crippen LogP) is 3.20. The number of likely N-dealkylation sites (tertiary alicyclic amines) is 1. The third kappa shape index (κ3) is 4.47. The van der Waals surface area contributed by atoms with Crippen LogP contribution in [0.2, 0.25) is 0 Å². The summed E-state index contributed by atoms with van der Waals surface area (Å²) in [6, 6.07) is 9.91. The Bertz CT molecular complexity index is 550.